The summed E-state index contributed by atoms with van der Waals surface area (Å²) in [4.78, 5) is 14.6. The van der Waals surface area contributed by atoms with Gasteiger partial charge in [0.2, 0.25) is 5.91 Å². The molecule has 1 saturated carbocycles. The van der Waals surface area contributed by atoms with Crippen LogP contribution in [0.2, 0.25) is 0 Å². The van der Waals surface area contributed by atoms with Gasteiger partial charge in [-0.05, 0) is 44.4 Å². The zero-order valence-corrected chi connectivity index (χ0v) is 11.2. The molecule has 0 aromatic rings. The van der Waals surface area contributed by atoms with Gasteiger partial charge in [0.25, 0.3) is 0 Å². The molecule has 0 aromatic heterocycles. The van der Waals surface area contributed by atoms with Gasteiger partial charge < -0.3 is 10.6 Å². The third-order valence-corrected chi connectivity index (χ3v) is 4.23. The van der Waals surface area contributed by atoms with Crippen molar-refractivity contribution in [3.63, 3.8) is 0 Å². The molecule has 1 amide bonds. The molecule has 0 spiro atoms. The van der Waals surface area contributed by atoms with E-state index in [1.807, 2.05) is 0 Å². The van der Waals surface area contributed by atoms with Crippen LogP contribution in [0, 0.1) is 11.8 Å². The largest absolute Gasteiger partial charge is 0.339 e. The smallest absolute Gasteiger partial charge is 0.225 e. The standard InChI is InChI=1S/C14H26N2O/c1-10(2)8-13-4-3-7-16(13)14(17)11-5-6-12(15)9-11/h10-13H,3-9,15H2,1-2H3/t11-,12+,13+/m1/s1. The van der Waals surface area contributed by atoms with Gasteiger partial charge in [-0.3, -0.25) is 4.79 Å². The normalized spacial score (nSPS) is 33.6. The Bertz CT molecular complexity index is 277. The van der Waals surface area contributed by atoms with E-state index in [1.165, 1.54) is 12.8 Å². The van der Waals surface area contributed by atoms with Gasteiger partial charge in [-0.25, -0.2) is 0 Å². The predicted octanol–water partition coefficient (Wildman–Crippen LogP) is 2.15. The zero-order chi connectivity index (χ0) is 12.4. The molecule has 1 aliphatic heterocycles. The number of likely N-dealkylation sites (tertiary alicyclic amines) is 1. The van der Waals surface area contributed by atoms with Crippen LogP contribution >= 0.6 is 0 Å². The number of hydrogen-bond acceptors (Lipinski definition) is 2. The second kappa shape index (κ2) is 5.38. The van der Waals surface area contributed by atoms with E-state index in [0.717, 1.165) is 32.2 Å². The van der Waals surface area contributed by atoms with E-state index in [2.05, 4.69) is 18.7 Å². The highest BCUT2D eigenvalue weighted by atomic mass is 16.2. The summed E-state index contributed by atoms with van der Waals surface area (Å²) in [5.41, 5.74) is 5.91. The molecule has 3 heteroatoms. The average Bonchev–Trinajstić information content (AvgIpc) is 2.85. The molecule has 0 radical (unpaired) electrons. The molecule has 1 saturated heterocycles. The summed E-state index contributed by atoms with van der Waals surface area (Å²) in [5.74, 6) is 1.29. The van der Waals surface area contributed by atoms with Crippen molar-refractivity contribution in [3.8, 4) is 0 Å². The highest BCUT2D eigenvalue weighted by molar-refractivity contribution is 5.79. The molecule has 0 bridgehead atoms. The topological polar surface area (TPSA) is 46.3 Å². The van der Waals surface area contributed by atoms with Crippen molar-refractivity contribution in [1.82, 2.24) is 4.90 Å². The van der Waals surface area contributed by atoms with E-state index in [1.54, 1.807) is 0 Å². The molecule has 0 unspecified atom stereocenters. The van der Waals surface area contributed by atoms with Crippen LogP contribution in [-0.4, -0.2) is 29.4 Å². The van der Waals surface area contributed by atoms with Crippen LogP contribution < -0.4 is 5.73 Å². The summed E-state index contributed by atoms with van der Waals surface area (Å²) in [6.45, 7) is 5.46. The van der Waals surface area contributed by atoms with Gasteiger partial charge in [0, 0.05) is 24.5 Å². The second-order valence-corrected chi connectivity index (χ2v) is 6.23. The number of carbonyl (C=O) groups is 1. The second-order valence-electron chi connectivity index (χ2n) is 6.23. The van der Waals surface area contributed by atoms with Crippen molar-refractivity contribution >= 4 is 5.91 Å². The predicted molar refractivity (Wildman–Crippen MR) is 69.5 cm³/mol. The summed E-state index contributed by atoms with van der Waals surface area (Å²) in [5, 5.41) is 0. The molecule has 2 rings (SSSR count). The maximum absolute atomic E-state index is 12.5. The van der Waals surface area contributed by atoms with Gasteiger partial charge in [-0.1, -0.05) is 13.8 Å². The highest BCUT2D eigenvalue weighted by Crippen LogP contribution is 2.31. The van der Waals surface area contributed by atoms with Crippen LogP contribution in [0.5, 0.6) is 0 Å². The summed E-state index contributed by atoms with van der Waals surface area (Å²) in [6.07, 6.45) is 6.48. The Morgan fingerprint density at radius 2 is 2.12 bits per heavy atom. The SMILES string of the molecule is CC(C)C[C@@H]1CCCN1C(=O)[C@@H]1CC[C@H](N)C1. The maximum atomic E-state index is 12.5. The summed E-state index contributed by atoms with van der Waals surface area (Å²) in [6, 6.07) is 0.759. The molecule has 1 heterocycles. The first-order valence-electron chi connectivity index (χ1n) is 7.14. The molecule has 1 aliphatic carbocycles. The van der Waals surface area contributed by atoms with Gasteiger partial charge in [0.05, 0.1) is 0 Å². The first-order valence-corrected chi connectivity index (χ1v) is 7.14. The fourth-order valence-corrected chi connectivity index (χ4v) is 3.39. The lowest BCUT2D eigenvalue weighted by Gasteiger charge is -2.28. The van der Waals surface area contributed by atoms with Crippen molar-refractivity contribution in [2.45, 2.75) is 64.5 Å². The first-order chi connectivity index (χ1) is 8.08. The molecule has 0 aromatic carbocycles. The van der Waals surface area contributed by atoms with Crippen molar-refractivity contribution < 1.29 is 4.79 Å². The molecule has 3 atom stereocenters. The van der Waals surface area contributed by atoms with Crippen molar-refractivity contribution in [2.75, 3.05) is 6.54 Å². The van der Waals surface area contributed by atoms with E-state index in [0.29, 0.717) is 17.9 Å². The Morgan fingerprint density at radius 3 is 2.71 bits per heavy atom. The van der Waals surface area contributed by atoms with E-state index < -0.39 is 0 Å². The maximum Gasteiger partial charge on any atom is 0.225 e. The first kappa shape index (κ1) is 12.9. The molecule has 3 nitrogen and oxygen atoms in total. The van der Waals surface area contributed by atoms with Gasteiger partial charge in [-0.2, -0.15) is 0 Å². The van der Waals surface area contributed by atoms with E-state index in [4.69, 9.17) is 5.73 Å². The fraction of sp³-hybridized carbons (Fsp3) is 0.929. The number of carbonyl (C=O) groups excluding carboxylic acids is 1. The Balaban J connectivity index is 1.93. The number of rotatable bonds is 3. The van der Waals surface area contributed by atoms with Crippen LogP contribution in [0.15, 0.2) is 0 Å². The van der Waals surface area contributed by atoms with Crippen LogP contribution in [-0.2, 0) is 4.79 Å². The Morgan fingerprint density at radius 1 is 1.35 bits per heavy atom. The third-order valence-electron chi connectivity index (χ3n) is 4.23. The minimum atomic E-state index is 0.220. The fourth-order valence-electron chi connectivity index (χ4n) is 3.39. The number of nitrogens with zero attached hydrogens (tertiary/aromatic N) is 1. The molecular weight excluding hydrogens is 212 g/mol. The van der Waals surface area contributed by atoms with Crippen LogP contribution in [0.4, 0.5) is 0 Å². The Hall–Kier alpha value is -0.570. The third kappa shape index (κ3) is 3.01. The zero-order valence-electron chi connectivity index (χ0n) is 11.2. The number of amides is 1. The highest BCUT2D eigenvalue weighted by Gasteiger charge is 2.36. The van der Waals surface area contributed by atoms with Gasteiger partial charge in [-0.15, -0.1) is 0 Å². The number of hydrogen-bond donors (Lipinski definition) is 1. The Kier molecular flexibility index (Phi) is 4.08. The molecular formula is C14H26N2O. The minimum absolute atomic E-state index is 0.220. The quantitative estimate of drug-likeness (QED) is 0.819. The molecule has 2 N–H and O–H groups in total. The van der Waals surface area contributed by atoms with Crippen LogP contribution in [0.3, 0.4) is 0 Å². The molecule has 2 aliphatic rings. The van der Waals surface area contributed by atoms with Gasteiger partial charge >= 0.3 is 0 Å². The van der Waals surface area contributed by atoms with Gasteiger partial charge in [0.1, 0.15) is 0 Å². The van der Waals surface area contributed by atoms with Crippen LogP contribution in [0.1, 0.15) is 52.4 Å². The van der Waals surface area contributed by atoms with Crippen molar-refractivity contribution in [3.05, 3.63) is 0 Å². The monoisotopic (exact) mass is 238 g/mol. The van der Waals surface area contributed by atoms with E-state index in [-0.39, 0.29) is 12.0 Å². The summed E-state index contributed by atoms with van der Waals surface area (Å²) in [7, 11) is 0. The molecule has 98 valence electrons. The van der Waals surface area contributed by atoms with Crippen molar-refractivity contribution in [2.24, 2.45) is 17.6 Å². The lowest BCUT2D eigenvalue weighted by Crippen LogP contribution is -2.40. The van der Waals surface area contributed by atoms with Gasteiger partial charge in [0.15, 0.2) is 0 Å². The Labute approximate surface area is 105 Å². The average molecular weight is 238 g/mol. The molecule has 17 heavy (non-hydrogen) atoms. The number of nitrogens with two attached hydrogens (primary N) is 1. The molecule has 2 fully saturated rings. The lowest BCUT2D eigenvalue weighted by molar-refractivity contribution is -0.136. The lowest BCUT2D eigenvalue weighted by atomic mass is 10.00. The minimum Gasteiger partial charge on any atom is -0.339 e. The summed E-state index contributed by atoms with van der Waals surface area (Å²) < 4.78 is 0. The van der Waals surface area contributed by atoms with Crippen LogP contribution in [0.25, 0.3) is 0 Å². The summed E-state index contributed by atoms with van der Waals surface area (Å²) >= 11 is 0. The van der Waals surface area contributed by atoms with Crippen molar-refractivity contribution in [1.29, 1.82) is 0 Å². The van der Waals surface area contributed by atoms with E-state index >= 15 is 0 Å². The van der Waals surface area contributed by atoms with E-state index in [9.17, 15) is 4.79 Å².